The van der Waals surface area contributed by atoms with E-state index in [0.717, 1.165) is 11.3 Å². The number of pyridine rings is 1. The van der Waals surface area contributed by atoms with Crippen LogP contribution in [0.15, 0.2) is 71.7 Å². The number of aromatic nitrogens is 3. The molecule has 0 saturated carbocycles. The predicted molar refractivity (Wildman–Crippen MR) is 124 cm³/mol. The number of rotatable bonds is 7. The third-order valence-electron chi connectivity index (χ3n) is 5.15. The zero-order valence-electron chi connectivity index (χ0n) is 18.0. The summed E-state index contributed by atoms with van der Waals surface area (Å²) < 4.78 is 7.21. The van der Waals surface area contributed by atoms with Gasteiger partial charge in [-0.25, -0.2) is 9.97 Å². The number of nitrogens with zero attached hydrogens (tertiary/aromatic N) is 3. The van der Waals surface area contributed by atoms with Crippen LogP contribution >= 0.6 is 0 Å². The van der Waals surface area contributed by atoms with Crippen LogP contribution in [0.1, 0.15) is 29.8 Å². The largest absolute Gasteiger partial charge is 0.494 e. The van der Waals surface area contributed by atoms with Crippen molar-refractivity contribution < 1.29 is 9.53 Å². The van der Waals surface area contributed by atoms with Gasteiger partial charge in [0.15, 0.2) is 5.65 Å². The Balaban J connectivity index is 1.56. The molecule has 1 amide bonds. The first-order valence-electron chi connectivity index (χ1n) is 10.6. The highest BCUT2D eigenvalue weighted by Gasteiger charge is 2.14. The van der Waals surface area contributed by atoms with Crippen LogP contribution in [0, 0.1) is 0 Å². The van der Waals surface area contributed by atoms with Crippen molar-refractivity contribution in [2.75, 3.05) is 6.61 Å². The van der Waals surface area contributed by atoms with E-state index in [1.807, 2.05) is 44.2 Å². The Morgan fingerprint density at radius 1 is 1.03 bits per heavy atom. The highest BCUT2D eigenvalue weighted by atomic mass is 16.5. The molecule has 0 unspecified atom stereocenters. The lowest BCUT2D eigenvalue weighted by molar-refractivity contribution is 0.0950. The van der Waals surface area contributed by atoms with E-state index in [1.165, 1.54) is 0 Å². The number of aryl methyl sites for hydroxylation is 1. The topological polar surface area (TPSA) is 86.1 Å². The number of hydrogen-bond donors (Lipinski definition) is 1. The van der Waals surface area contributed by atoms with Crippen LogP contribution in [0.25, 0.3) is 22.4 Å². The number of para-hydroxylation sites is 1. The van der Waals surface area contributed by atoms with Crippen molar-refractivity contribution in [3.8, 4) is 17.0 Å². The van der Waals surface area contributed by atoms with Crippen LogP contribution in [-0.4, -0.2) is 27.0 Å². The van der Waals surface area contributed by atoms with Gasteiger partial charge in [0.2, 0.25) is 0 Å². The molecule has 4 rings (SSSR count). The van der Waals surface area contributed by atoms with E-state index in [-0.39, 0.29) is 11.5 Å². The molecule has 0 saturated heterocycles. The second kappa shape index (κ2) is 9.43. The van der Waals surface area contributed by atoms with Crippen molar-refractivity contribution in [1.29, 1.82) is 0 Å². The Bertz CT molecular complexity index is 1310. The number of hydrogen-bond acceptors (Lipinski definition) is 5. The summed E-state index contributed by atoms with van der Waals surface area (Å²) in [7, 11) is 0. The minimum atomic E-state index is -0.205. The predicted octanol–water partition coefficient (Wildman–Crippen LogP) is 3.81. The SMILES string of the molecule is CCOc1ccccc1CNC(=O)c1ccc(-c2nc3cccnc3n(CC)c2=O)cc1. The third kappa shape index (κ3) is 4.23. The molecule has 2 aromatic heterocycles. The fourth-order valence-electron chi connectivity index (χ4n) is 3.56. The van der Waals surface area contributed by atoms with E-state index in [0.29, 0.717) is 47.7 Å². The zero-order valence-corrected chi connectivity index (χ0v) is 18.0. The van der Waals surface area contributed by atoms with E-state index in [2.05, 4.69) is 15.3 Å². The normalized spacial score (nSPS) is 10.8. The van der Waals surface area contributed by atoms with Crippen molar-refractivity contribution in [2.45, 2.75) is 26.9 Å². The molecule has 32 heavy (non-hydrogen) atoms. The van der Waals surface area contributed by atoms with Gasteiger partial charge < -0.3 is 10.1 Å². The molecule has 0 atom stereocenters. The minimum absolute atomic E-state index is 0.204. The Morgan fingerprint density at radius 2 is 1.81 bits per heavy atom. The van der Waals surface area contributed by atoms with Crippen LogP contribution in [-0.2, 0) is 13.1 Å². The maximum Gasteiger partial charge on any atom is 0.278 e. The molecule has 4 aromatic rings. The van der Waals surface area contributed by atoms with Gasteiger partial charge in [0.25, 0.3) is 11.5 Å². The van der Waals surface area contributed by atoms with Crippen LogP contribution in [0.4, 0.5) is 0 Å². The van der Waals surface area contributed by atoms with E-state index in [1.54, 1.807) is 41.1 Å². The Kier molecular flexibility index (Phi) is 6.26. The Hall–Kier alpha value is -4.00. The lowest BCUT2D eigenvalue weighted by Crippen LogP contribution is -2.24. The molecule has 0 aliphatic heterocycles. The van der Waals surface area contributed by atoms with Crippen LogP contribution in [0.2, 0.25) is 0 Å². The van der Waals surface area contributed by atoms with Gasteiger partial charge in [0, 0.05) is 36.0 Å². The van der Waals surface area contributed by atoms with E-state index in [4.69, 9.17) is 4.74 Å². The average Bonchev–Trinajstić information content (AvgIpc) is 2.83. The summed E-state index contributed by atoms with van der Waals surface area (Å²) in [6.07, 6.45) is 1.65. The summed E-state index contributed by atoms with van der Waals surface area (Å²) in [5.41, 5.74) is 3.41. The summed E-state index contributed by atoms with van der Waals surface area (Å²) >= 11 is 0. The number of amides is 1. The molecule has 0 radical (unpaired) electrons. The molecule has 0 bridgehead atoms. The summed E-state index contributed by atoms with van der Waals surface area (Å²) in [4.78, 5) is 34.4. The first-order chi connectivity index (χ1) is 15.6. The highest BCUT2D eigenvalue weighted by molar-refractivity contribution is 5.94. The maximum atomic E-state index is 12.9. The van der Waals surface area contributed by atoms with Gasteiger partial charge >= 0.3 is 0 Å². The fraction of sp³-hybridized carbons (Fsp3) is 0.200. The van der Waals surface area contributed by atoms with Gasteiger partial charge in [0.1, 0.15) is 17.0 Å². The van der Waals surface area contributed by atoms with Crippen molar-refractivity contribution in [3.63, 3.8) is 0 Å². The van der Waals surface area contributed by atoms with E-state index >= 15 is 0 Å². The zero-order chi connectivity index (χ0) is 22.5. The van der Waals surface area contributed by atoms with Crippen LogP contribution in [0.3, 0.4) is 0 Å². The first kappa shape index (κ1) is 21.2. The highest BCUT2D eigenvalue weighted by Crippen LogP contribution is 2.19. The van der Waals surface area contributed by atoms with Gasteiger partial charge in [-0.05, 0) is 44.2 Å². The quantitative estimate of drug-likeness (QED) is 0.484. The smallest absolute Gasteiger partial charge is 0.278 e. The van der Waals surface area contributed by atoms with Crippen LogP contribution < -0.4 is 15.6 Å². The third-order valence-corrected chi connectivity index (χ3v) is 5.15. The number of carbonyl (C=O) groups is 1. The van der Waals surface area contributed by atoms with Crippen molar-refractivity contribution in [1.82, 2.24) is 19.9 Å². The molecule has 2 heterocycles. The van der Waals surface area contributed by atoms with Crippen molar-refractivity contribution in [3.05, 3.63) is 88.3 Å². The summed E-state index contributed by atoms with van der Waals surface area (Å²) in [6.45, 7) is 5.23. The lowest BCUT2D eigenvalue weighted by atomic mass is 10.1. The van der Waals surface area contributed by atoms with Gasteiger partial charge in [-0.2, -0.15) is 0 Å². The summed E-state index contributed by atoms with van der Waals surface area (Å²) in [5, 5.41) is 2.92. The number of benzene rings is 2. The minimum Gasteiger partial charge on any atom is -0.494 e. The molecule has 7 heteroatoms. The van der Waals surface area contributed by atoms with E-state index < -0.39 is 0 Å². The molecule has 0 spiro atoms. The van der Waals surface area contributed by atoms with Crippen molar-refractivity contribution in [2.24, 2.45) is 0 Å². The molecule has 0 fully saturated rings. The standard InChI is InChI=1S/C25H24N4O3/c1-3-29-23-20(9-7-15-26-23)28-22(25(29)31)17-11-13-18(14-12-17)24(30)27-16-19-8-5-6-10-21(19)32-4-2/h5-15H,3-4,16H2,1-2H3,(H,27,30). The second-order valence-electron chi connectivity index (χ2n) is 7.16. The molecular weight excluding hydrogens is 404 g/mol. The lowest BCUT2D eigenvalue weighted by Gasteiger charge is -2.11. The van der Waals surface area contributed by atoms with Gasteiger partial charge in [-0.3, -0.25) is 14.2 Å². The average molecular weight is 428 g/mol. The van der Waals surface area contributed by atoms with Gasteiger partial charge in [-0.1, -0.05) is 30.3 Å². The summed E-state index contributed by atoms with van der Waals surface area (Å²) in [6, 6.07) is 18.1. The maximum absolute atomic E-state index is 12.9. The number of fused-ring (bicyclic) bond motifs is 1. The molecule has 1 N–H and O–H groups in total. The molecule has 2 aromatic carbocycles. The molecule has 0 aliphatic rings. The number of nitrogens with one attached hydrogen (secondary N) is 1. The summed E-state index contributed by atoms with van der Waals surface area (Å²) in [5.74, 6) is 0.555. The van der Waals surface area contributed by atoms with Crippen LogP contribution in [0.5, 0.6) is 5.75 Å². The van der Waals surface area contributed by atoms with Gasteiger partial charge in [0.05, 0.1) is 6.61 Å². The molecular formula is C25H24N4O3. The molecule has 7 nitrogen and oxygen atoms in total. The fourth-order valence-corrected chi connectivity index (χ4v) is 3.56. The molecule has 0 aliphatic carbocycles. The van der Waals surface area contributed by atoms with Gasteiger partial charge in [-0.15, -0.1) is 0 Å². The van der Waals surface area contributed by atoms with E-state index in [9.17, 15) is 9.59 Å². The Labute approximate surface area is 185 Å². The first-order valence-corrected chi connectivity index (χ1v) is 10.6. The number of carbonyl (C=O) groups excluding carboxylic acids is 1. The second-order valence-corrected chi connectivity index (χ2v) is 7.16. The monoisotopic (exact) mass is 428 g/mol. The Morgan fingerprint density at radius 3 is 2.56 bits per heavy atom. The van der Waals surface area contributed by atoms with Crippen molar-refractivity contribution >= 4 is 17.1 Å². The molecule has 162 valence electrons. The number of ether oxygens (including phenoxy) is 1.